The fraction of sp³-hybridized carbons (Fsp3) is 0.736. The minimum Gasteiger partial charge on any atom is -0.462 e. The molecule has 0 rings (SSSR count). The summed E-state index contributed by atoms with van der Waals surface area (Å²) in [6.07, 6.45) is 88.6. The Balaban J connectivity index is 4.23. The van der Waals surface area contributed by atoms with Gasteiger partial charge in [0.05, 0.1) is 0 Å². The van der Waals surface area contributed by atoms with Gasteiger partial charge >= 0.3 is 17.9 Å². The number of rotatable bonds is 60. The van der Waals surface area contributed by atoms with Gasteiger partial charge in [0, 0.05) is 19.3 Å². The minimum absolute atomic E-state index is 0.0817. The lowest BCUT2D eigenvalue weighted by molar-refractivity contribution is -0.167. The van der Waals surface area contributed by atoms with Crippen LogP contribution in [0.25, 0.3) is 0 Å². The zero-order valence-electron chi connectivity index (χ0n) is 51.4. The molecule has 0 heterocycles. The summed E-state index contributed by atoms with van der Waals surface area (Å²) in [5.41, 5.74) is 0. The Morgan fingerprint density at radius 3 is 0.846 bits per heavy atom. The molecule has 0 amide bonds. The number of carbonyl (C=O) groups excluding carboxylic acids is 3. The van der Waals surface area contributed by atoms with E-state index in [1.807, 2.05) is 0 Å². The van der Waals surface area contributed by atoms with Crippen LogP contribution >= 0.6 is 0 Å². The van der Waals surface area contributed by atoms with E-state index in [4.69, 9.17) is 14.2 Å². The van der Waals surface area contributed by atoms with Gasteiger partial charge in [-0.25, -0.2) is 0 Å². The Hall–Kier alpha value is -3.67. The van der Waals surface area contributed by atoms with E-state index in [-0.39, 0.29) is 31.1 Å². The van der Waals surface area contributed by atoms with Crippen molar-refractivity contribution >= 4 is 17.9 Å². The number of hydrogen-bond acceptors (Lipinski definition) is 6. The Kier molecular flexibility index (Phi) is 62.7. The van der Waals surface area contributed by atoms with Crippen LogP contribution in [0.2, 0.25) is 0 Å². The van der Waals surface area contributed by atoms with Crippen molar-refractivity contribution in [3.05, 3.63) is 97.2 Å². The molecule has 448 valence electrons. The van der Waals surface area contributed by atoms with Gasteiger partial charge in [0.1, 0.15) is 13.2 Å². The van der Waals surface area contributed by atoms with E-state index in [1.165, 1.54) is 173 Å². The first-order valence-electron chi connectivity index (χ1n) is 33.2. The van der Waals surface area contributed by atoms with E-state index in [0.29, 0.717) is 19.3 Å². The van der Waals surface area contributed by atoms with Crippen molar-refractivity contribution in [2.24, 2.45) is 0 Å². The van der Waals surface area contributed by atoms with E-state index >= 15 is 0 Å². The predicted octanol–water partition coefficient (Wildman–Crippen LogP) is 22.8. The Bertz CT molecular complexity index is 1530. The van der Waals surface area contributed by atoms with Gasteiger partial charge in [0.15, 0.2) is 6.10 Å². The fourth-order valence-electron chi connectivity index (χ4n) is 9.33. The molecule has 78 heavy (non-hydrogen) atoms. The highest BCUT2D eigenvalue weighted by Gasteiger charge is 2.19. The largest absolute Gasteiger partial charge is 0.462 e. The molecule has 6 heteroatoms. The first kappa shape index (κ1) is 74.3. The first-order chi connectivity index (χ1) is 38.5. The van der Waals surface area contributed by atoms with Crippen molar-refractivity contribution in [1.29, 1.82) is 0 Å². The van der Waals surface area contributed by atoms with Crippen LogP contribution in [0.4, 0.5) is 0 Å². The topological polar surface area (TPSA) is 78.9 Å². The molecule has 0 saturated carbocycles. The van der Waals surface area contributed by atoms with Crippen LogP contribution in [0.3, 0.4) is 0 Å². The van der Waals surface area contributed by atoms with Gasteiger partial charge in [-0.15, -0.1) is 0 Å². The van der Waals surface area contributed by atoms with Crippen molar-refractivity contribution in [3.63, 3.8) is 0 Å². The van der Waals surface area contributed by atoms with E-state index in [1.54, 1.807) is 0 Å². The van der Waals surface area contributed by atoms with Gasteiger partial charge in [0.2, 0.25) is 0 Å². The lowest BCUT2D eigenvalue weighted by Gasteiger charge is -2.18. The monoisotopic (exact) mass is 1080 g/mol. The summed E-state index contributed by atoms with van der Waals surface area (Å²) in [4.78, 5) is 38.3. The Morgan fingerprint density at radius 2 is 0.526 bits per heavy atom. The molecule has 0 radical (unpaired) electrons. The number of allylic oxidation sites excluding steroid dienone is 16. The molecular weight excluding hydrogens is 961 g/mol. The standard InChI is InChI=1S/C72H124O6/c1-4-7-10-13-16-19-22-24-26-28-30-32-34-35-36-37-39-40-42-44-46-48-50-53-56-59-62-65-71(74)77-68-69(67-76-70(73)64-61-58-55-52-21-18-15-12-9-6-3)78-72(75)66-63-60-57-54-51-49-47-45-43-41-38-33-31-29-27-25-23-20-17-14-11-8-5-2/h8,11-12,15,17,20,22,24-25,27-28,30-31,33-35,69H,4-7,9-10,13-14,16,18-19,21,23,26,29,32,36-68H2,1-3H3/b11-8-,15-12-,20-17-,24-22-,27-25-,30-28-,33-31-,35-34-. The van der Waals surface area contributed by atoms with Crippen LogP contribution in [-0.2, 0) is 28.6 Å². The van der Waals surface area contributed by atoms with Crippen LogP contribution in [0, 0.1) is 0 Å². The van der Waals surface area contributed by atoms with E-state index in [2.05, 4.69) is 118 Å². The van der Waals surface area contributed by atoms with Crippen molar-refractivity contribution < 1.29 is 28.6 Å². The molecule has 0 N–H and O–H groups in total. The van der Waals surface area contributed by atoms with Gasteiger partial charge in [0.25, 0.3) is 0 Å². The number of ether oxygens (including phenoxy) is 3. The second-order valence-corrected chi connectivity index (χ2v) is 22.0. The van der Waals surface area contributed by atoms with Crippen molar-refractivity contribution in [3.8, 4) is 0 Å². The molecule has 1 atom stereocenters. The molecule has 0 aromatic rings. The predicted molar refractivity (Wildman–Crippen MR) is 339 cm³/mol. The molecule has 0 bridgehead atoms. The highest BCUT2D eigenvalue weighted by molar-refractivity contribution is 5.71. The minimum atomic E-state index is -0.785. The summed E-state index contributed by atoms with van der Waals surface area (Å²) in [6, 6.07) is 0. The van der Waals surface area contributed by atoms with E-state index in [9.17, 15) is 14.4 Å². The van der Waals surface area contributed by atoms with Crippen molar-refractivity contribution in [2.45, 2.75) is 329 Å². The highest BCUT2D eigenvalue weighted by Crippen LogP contribution is 2.16. The third-order valence-electron chi connectivity index (χ3n) is 14.3. The average Bonchev–Trinajstić information content (AvgIpc) is 3.44. The maximum absolute atomic E-state index is 12.9. The average molecular weight is 1090 g/mol. The molecule has 0 aliphatic heterocycles. The summed E-state index contributed by atoms with van der Waals surface area (Å²) in [6.45, 7) is 6.47. The molecular formula is C72H124O6. The van der Waals surface area contributed by atoms with Crippen LogP contribution < -0.4 is 0 Å². The van der Waals surface area contributed by atoms with Crippen molar-refractivity contribution in [2.75, 3.05) is 13.2 Å². The third-order valence-corrected chi connectivity index (χ3v) is 14.3. The molecule has 0 spiro atoms. The van der Waals surface area contributed by atoms with E-state index in [0.717, 1.165) is 109 Å². The van der Waals surface area contributed by atoms with Crippen LogP contribution in [0.1, 0.15) is 323 Å². The Morgan fingerprint density at radius 1 is 0.269 bits per heavy atom. The summed E-state index contributed by atoms with van der Waals surface area (Å²) in [7, 11) is 0. The second-order valence-electron chi connectivity index (χ2n) is 22.0. The van der Waals surface area contributed by atoms with Gasteiger partial charge in [-0.05, 0) is 116 Å². The molecule has 6 nitrogen and oxygen atoms in total. The lowest BCUT2D eigenvalue weighted by atomic mass is 10.0. The molecule has 0 aliphatic rings. The highest BCUT2D eigenvalue weighted by atomic mass is 16.6. The van der Waals surface area contributed by atoms with Gasteiger partial charge in [-0.2, -0.15) is 0 Å². The van der Waals surface area contributed by atoms with Gasteiger partial charge < -0.3 is 14.2 Å². The van der Waals surface area contributed by atoms with E-state index < -0.39 is 6.10 Å². The maximum Gasteiger partial charge on any atom is 0.306 e. The summed E-state index contributed by atoms with van der Waals surface area (Å²) < 4.78 is 16.9. The molecule has 0 fully saturated rings. The molecule has 0 aliphatic carbocycles. The second kappa shape index (κ2) is 65.8. The summed E-state index contributed by atoms with van der Waals surface area (Å²) in [5, 5.41) is 0. The zero-order valence-corrected chi connectivity index (χ0v) is 51.4. The Labute approximate surface area is 483 Å². The van der Waals surface area contributed by atoms with Gasteiger partial charge in [-0.3, -0.25) is 14.4 Å². The SMILES string of the molecule is CC/C=C\C/C=C\C/C=C\C/C=C\CCCCCCCCCCCCC(=O)OC(COC(=O)CCCCCCC/C=C\CCC)COC(=O)CCCCCCCCCCCCCC/C=C\C/C=C\C/C=C\CCCCCCC. The zero-order chi connectivity index (χ0) is 56.4. The normalized spacial score (nSPS) is 12.7. The smallest absolute Gasteiger partial charge is 0.306 e. The number of esters is 3. The fourth-order valence-corrected chi connectivity index (χ4v) is 9.33. The molecule has 0 saturated heterocycles. The molecule has 0 aromatic carbocycles. The van der Waals surface area contributed by atoms with Crippen LogP contribution in [0.5, 0.6) is 0 Å². The summed E-state index contributed by atoms with van der Waals surface area (Å²) in [5.74, 6) is -0.889. The quantitative estimate of drug-likeness (QED) is 0.0261. The third kappa shape index (κ3) is 63.2. The summed E-state index contributed by atoms with van der Waals surface area (Å²) >= 11 is 0. The van der Waals surface area contributed by atoms with Crippen molar-refractivity contribution in [1.82, 2.24) is 0 Å². The molecule has 1 unspecified atom stereocenters. The van der Waals surface area contributed by atoms with Crippen LogP contribution in [0.15, 0.2) is 97.2 Å². The van der Waals surface area contributed by atoms with Gasteiger partial charge in [-0.1, -0.05) is 285 Å². The number of unbranched alkanes of at least 4 members (excludes halogenated alkanes) is 33. The first-order valence-corrected chi connectivity index (χ1v) is 33.2. The molecule has 0 aromatic heterocycles. The maximum atomic E-state index is 12.9. The number of hydrogen-bond donors (Lipinski definition) is 0. The lowest BCUT2D eigenvalue weighted by Crippen LogP contribution is -2.30. The van der Waals surface area contributed by atoms with Crippen LogP contribution in [-0.4, -0.2) is 37.2 Å². The number of carbonyl (C=O) groups is 3.